The Kier molecular flexibility index (Phi) is 4.17. The SMILES string of the molecule is COC(=O)[C@@H]1C[C@@]2(CN1C(=O)OC(C)(C)C)C(=O)Nc1c(F)cccc12. The maximum atomic E-state index is 14.1. The molecule has 1 saturated heterocycles. The zero-order valence-corrected chi connectivity index (χ0v) is 15.1. The Labute approximate surface area is 150 Å². The number of para-hydroxylation sites is 1. The number of likely N-dealkylation sites (tertiary alicyclic amines) is 1. The van der Waals surface area contributed by atoms with Crippen LogP contribution in [-0.4, -0.2) is 48.2 Å². The molecule has 26 heavy (non-hydrogen) atoms. The summed E-state index contributed by atoms with van der Waals surface area (Å²) in [6.07, 6.45) is -0.719. The highest BCUT2D eigenvalue weighted by molar-refractivity contribution is 6.08. The minimum absolute atomic E-state index is 0.00119. The quantitative estimate of drug-likeness (QED) is 0.772. The number of hydrogen-bond donors (Lipinski definition) is 1. The first-order valence-corrected chi connectivity index (χ1v) is 8.27. The van der Waals surface area contributed by atoms with Gasteiger partial charge in [0.15, 0.2) is 0 Å². The van der Waals surface area contributed by atoms with Gasteiger partial charge in [-0.05, 0) is 38.8 Å². The molecule has 0 saturated carbocycles. The molecule has 1 aromatic carbocycles. The highest BCUT2D eigenvalue weighted by Gasteiger charge is 2.58. The molecule has 2 heterocycles. The number of nitrogens with one attached hydrogen (secondary N) is 1. The van der Waals surface area contributed by atoms with Gasteiger partial charge in [-0.15, -0.1) is 0 Å². The summed E-state index contributed by atoms with van der Waals surface area (Å²) in [7, 11) is 1.21. The molecule has 7 nitrogen and oxygen atoms in total. The van der Waals surface area contributed by atoms with Crippen molar-refractivity contribution < 1.29 is 28.2 Å². The number of halogens is 1. The molecule has 8 heteroatoms. The summed E-state index contributed by atoms with van der Waals surface area (Å²) in [6.45, 7) is 5.02. The second-order valence-corrected chi connectivity index (χ2v) is 7.55. The summed E-state index contributed by atoms with van der Waals surface area (Å²) < 4.78 is 24.3. The number of anilines is 1. The van der Waals surface area contributed by atoms with E-state index >= 15 is 0 Å². The van der Waals surface area contributed by atoms with E-state index in [9.17, 15) is 18.8 Å². The third-order valence-electron chi connectivity index (χ3n) is 4.66. The lowest BCUT2D eigenvalue weighted by Crippen LogP contribution is -2.44. The number of ether oxygens (including phenoxy) is 2. The second kappa shape index (κ2) is 5.96. The third kappa shape index (κ3) is 2.79. The number of benzene rings is 1. The normalized spacial score (nSPS) is 24.4. The van der Waals surface area contributed by atoms with Crippen molar-refractivity contribution in [1.29, 1.82) is 0 Å². The van der Waals surface area contributed by atoms with Crippen LogP contribution in [0.5, 0.6) is 0 Å². The first-order chi connectivity index (χ1) is 12.1. The molecule has 1 spiro atoms. The van der Waals surface area contributed by atoms with Crippen molar-refractivity contribution in [2.24, 2.45) is 0 Å². The van der Waals surface area contributed by atoms with E-state index in [1.54, 1.807) is 26.8 Å². The molecular formula is C18H21FN2O5. The van der Waals surface area contributed by atoms with Gasteiger partial charge in [-0.1, -0.05) is 12.1 Å². The van der Waals surface area contributed by atoms with Crippen LogP contribution in [0.4, 0.5) is 14.9 Å². The van der Waals surface area contributed by atoms with Gasteiger partial charge in [-0.3, -0.25) is 9.69 Å². The number of rotatable bonds is 1. The van der Waals surface area contributed by atoms with Crippen molar-refractivity contribution in [2.45, 2.75) is 44.2 Å². The number of methoxy groups -OCH3 is 1. The van der Waals surface area contributed by atoms with Crippen LogP contribution in [0.1, 0.15) is 32.8 Å². The van der Waals surface area contributed by atoms with E-state index in [1.807, 2.05) is 0 Å². The summed E-state index contributed by atoms with van der Waals surface area (Å²) in [5, 5.41) is 2.54. The molecule has 0 aliphatic carbocycles. The number of esters is 1. The van der Waals surface area contributed by atoms with Crippen LogP contribution in [-0.2, 0) is 24.5 Å². The standard InChI is InChI=1S/C18H21FN2O5/c1-17(2,3)26-16(24)21-9-18(8-12(21)14(22)25-4)10-6-5-7-11(19)13(10)20-15(18)23/h5-7,12H,8-9H2,1-4H3,(H,20,23)/t12-,18-/m0/s1. The molecule has 1 aromatic rings. The van der Waals surface area contributed by atoms with Gasteiger partial charge in [0.1, 0.15) is 17.5 Å². The molecule has 2 aliphatic rings. The van der Waals surface area contributed by atoms with Crippen LogP contribution < -0.4 is 5.32 Å². The molecule has 2 amide bonds. The van der Waals surface area contributed by atoms with Crippen molar-refractivity contribution in [3.05, 3.63) is 29.6 Å². The maximum Gasteiger partial charge on any atom is 0.411 e. The summed E-state index contributed by atoms with van der Waals surface area (Å²) in [4.78, 5) is 38.8. The number of carbonyl (C=O) groups is 3. The van der Waals surface area contributed by atoms with Gasteiger partial charge in [0.25, 0.3) is 0 Å². The molecule has 1 N–H and O–H groups in total. The fraction of sp³-hybridized carbons (Fsp3) is 0.500. The minimum atomic E-state index is -1.22. The Balaban J connectivity index is 2.02. The highest BCUT2D eigenvalue weighted by atomic mass is 19.1. The number of hydrogen-bond acceptors (Lipinski definition) is 5. The van der Waals surface area contributed by atoms with Crippen LogP contribution in [0.25, 0.3) is 0 Å². The fourth-order valence-electron chi connectivity index (χ4n) is 3.53. The number of carbonyl (C=O) groups excluding carboxylic acids is 3. The van der Waals surface area contributed by atoms with Crippen molar-refractivity contribution in [3.63, 3.8) is 0 Å². The molecule has 3 rings (SSSR count). The molecule has 0 bridgehead atoms. The van der Waals surface area contributed by atoms with Gasteiger partial charge in [0, 0.05) is 6.54 Å². The summed E-state index contributed by atoms with van der Waals surface area (Å²) in [5.74, 6) is -1.65. The van der Waals surface area contributed by atoms with E-state index in [-0.39, 0.29) is 18.7 Å². The zero-order valence-electron chi connectivity index (χ0n) is 15.1. The highest BCUT2D eigenvalue weighted by Crippen LogP contribution is 2.47. The smallest absolute Gasteiger partial charge is 0.411 e. The van der Waals surface area contributed by atoms with E-state index in [2.05, 4.69) is 5.32 Å². The predicted octanol–water partition coefficient (Wildman–Crippen LogP) is 2.20. The van der Waals surface area contributed by atoms with E-state index in [1.165, 1.54) is 24.1 Å². The average Bonchev–Trinajstić information content (AvgIpc) is 3.08. The minimum Gasteiger partial charge on any atom is -0.467 e. The van der Waals surface area contributed by atoms with E-state index in [4.69, 9.17) is 9.47 Å². The largest absolute Gasteiger partial charge is 0.467 e. The Hall–Kier alpha value is -2.64. The summed E-state index contributed by atoms with van der Waals surface area (Å²) in [6, 6.07) is 3.38. The van der Waals surface area contributed by atoms with Crippen LogP contribution in [0.2, 0.25) is 0 Å². The number of fused-ring (bicyclic) bond motifs is 2. The third-order valence-corrected chi connectivity index (χ3v) is 4.66. The molecular weight excluding hydrogens is 343 g/mol. The predicted molar refractivity (Wildman–Crippen MR) is 90.1 cm³/mol. The molecule has 140 valence electrons. The van der Waals surface area contributed by atoms with E-state index in [0.717, 1.165) is 0 Å². The van der Waals surface area contributed by atoms with Crippen LogP contribution in [0.15, 0.2) is 18.2 Å². The van der Waals surface area contributed by atoms with Crippen molar-refractivity contribution >= 4 is 23.7 Å². The zero-order chi connectivity index (χ0) is 19.3. The fourth-order valence-corrected chi connectivity index (χ4v) is 3.53. The molecule has 2 aliphatic heterocycles. The number of amides is 2. The Morgan fingerprint density at radius 1 is 1.35 bits per heavy atom. The van der Waals surface area contributed by atoms with Gasteiger partial charge >= 0.3 is 12.1 Å². The van der Waals surface area contributed by atoms with Gasteiger partial charge in [-0.2, -0.15) is 0 Å². The summed E-state index contributed by atoms with van der Waals surface area (Å²) in [5.41, 5.74) is -1.46. The second-order valence-electron chi connectivity index (χ2n) is 7.55. The Morgan fingerprint density at radius 3 is 2.65 bits per heavy atom. The first-order valence-electron chi connectivity index (χ1n) is 8.27. The Morgan fingerprint density at radius 2 is 2.04 bits per heavy atom. The Bertz CT molecular complexity index is 788. The first kappa shape index (κ1) is 18.2. The lowest BCUT2D eigenvalue weighted by molar-refractivity contribution is -0.145. The van der Waals surface area contributed by atoms with Crippen LogP contribution in [0.3, 0.4) is 0 Å². The molecule has 0 aromatic heterocycles. The van der Waals surface area contributed by atoms with Crippen LogP contribution >= 0.6 is 0 Å². The lowest BCUT2D eigenvalue weighted by Gasteiger charge is -2.27. The molecule has 0 radical (unpaired) electrons. The average molecular weight is 364 g/mol. The topological polar surface area (TPSA) is 84.9 Å². The van der Waals surface area contributed by atoms with E-state index in [0.29, 0.717) is 5.56 Å². The number of nitrogens with zero attached hydrogens (tertiary/aromatic N) is 1. The van der Waals surface area contributed by atoms with Crippen molar-refractivity contribution in [3.8, 4) is 0 Å². The van der Waals surface area contributed by atoms with Crippen molar-refractivity contribution in [1.82, 2.24) is 4.90 Å². The monoisotopic (exact) mass is 364 g/mol. The maximum absolute atomic E-state index is 14.1. The van der Waals surface area contributed by atoms with Crippen molar-refractivity contribution in [2.75, 3.05) is 19.0 Å². The molecule has 0 unspecified atom stereocenters. The van der Waals surface area contributed by atoms with Gasteiger partial charge in [0.05, 0.1) is 18.2 Å². The van der Waals surface area contributed by atoms with Gasteiger partial charge in [-0.25, -0.2) is 14.0 Å². The molecule has 1 fully saturated rings. The summed E-state index contributed by atoms with van der Waals surface area (Å²) >= 11 is 0. The molecule has 2 atom stereocenters. The lowest BCUT2D eigenvalue weighted by atomic mass is 9.79. The van der Waals surface area contributed by atoms with Gasteiger partial charge in [0.2, 0.25) is 5.91 Å². The van der Waals surface area contributed by atoms with E-state index < -0.39 is 40.8 Å². The van der Waals surface area contributed by atoms with Crippen LogP contribution in [0, 0.1) is 5.82 Å². The van der Waals surface area contributed by atoms with Gasteiger partial charge < -0.3 is 14.8 Å².